The van der Waals surface area contributed by atoms with Crippen LogP contribution < -0.4 is 5.32 Å². The van der Waals surface area contributed by atoms with Crippen LogP contribution in [0.3, 0.4) is 0 Å². The molecule has 0 saturated carbocycles. The van der Waals surface area contributed by atoms with Crippen LogP contribution in [0.1, 0.15) is 16.1 Å². The Bertz CT molecular complexity index is 1070. The maximum atomic E-state index is 12.4. The van der Waals surface area contributed by atoms with Crippen molar-refractivity contribution >= 4 is 38.3 Å². The van der Waals surface area contributed by atoms with Crippen LogP contribution in [-0.4, -0.2) is 25.5 Å². The number of fused-ring (bicyclic) bond motifs is 1. The van der Waals surface area contributed by atoms with Crippen molar-refractivity contribution in [3.8, 4) is 0 Å². The van der Waals surface area contributed by atoms with Crippen molar-refractivity contribution in [2.24, 2.45) is 7.05 Å². The first-order valence-electron chi connectivity index (χ1n) is 8.10. The molecule has 1 amide bonds. The summed E-state index contributed by atoms with van der Waals surface area (Å²) >= 11 is 3.34. The molecule has 0 aliphatic rings. The van der Waals surface area contributed by atoms with Gasteiger partial charge in [-0.05, 0) is 32.3 Å². The molecule has 0 spiro atoms. The van der Waals surface area contributed by atoms with Gasteiger partial charge in [-0.1, -0.05) is 42.5 Å². The molecular weight excluding hydrogens is 394 g/mol. The standard InChI is InChI=1S/C19H16BrN5O/c1-24-18(17(20)10-21-24)19(26)23-15-9-22-25(12-15)11-14-7-4-6-13-5-2-3-8-16(13)14/h2-10,12H,11H2,1H3,(H,23,26). The van der Waals surface area contributed by atoms with Gasteiger partial charge in [0, 0.05) is 13.2 Å². The summed E-state index contributed by atoms with van der Waals surface area (Å²) in [4.78, 5) is 12.4. The molecule has 1 N–H and O–H groups in total. The zero-order chi connectivity index (χ0) is 18.1. The van der Waals surface area contributed by atoms with Crippen LogP contribution in [0.2, 0.25) is 0 Å². The predicted molar refractivity (Wildman–Crippen MR) is 104 cm³/mol. The summed E-state index contributed by atoms with van der Waals surface area (Å²) < 4.78 is 4.00. The Kier molecular flexibility index (Phi) is 4.30. The van der Waals surface area contributed by atoms with Crippen LogP contribution in [0.4, 0.5) is 5.69 Å². The molecule has 4 rings (SSSR count). The second-order valence-corrected chi connectivity index (χ2v) is 6.84. The molecule has 0 fully saturated rings. The van der Waals surface area contributed by atoms with Gasteiger partial charge in [0.2, 0.25) is 0 Å². The molecule has 2 heterocycles. The number of anilines is 1. The summed E-state index contributed by atoms with van der Waals surface area (Å²) in [7, 11) is 1.73. The lowest BCUT2D eigenvalue weighted by Crippen LogP contribution is -2.16. The van der Waals surface area contributed by atoms with Gasteiger partial charge in [0.15, 0.2) is 0 Å². The van der Waals surface area contributed by atoms with Crippen LogP contribution in [0.25, 0.3) is 10.8 Å². The van der Waals surface area contributed by atoms with E-state index >= 15 is 0 Å². The van der Waals surface area contributed by atoms with Crippen molar-refractivity contribution in [2.75, 3.05) is 5.32 Å². The lowest BCUT2D eigenvalue weighted by atomic mass is 10.0. The average Bonchev–Trinajstić information content (AvgIpc) is 3.21. The Hall–Kier alpha value is -2.93. The zero-order valence-electron chi connectivity index (χ0n) is 14.1. The summed E-state index contributed by atoms with van der Waals surface area (Å²) in [5.74, 6) is -0.235. The molecule has 0 radical (unpaired) electrons. The van der Waals surface area contributed by atoms with Crippen molar-refractivity contribution in [2.45, 2.75) is 6.54 Å². The molecule has 130 valence electrons. The second-order valence-electron chi connectivity index (χ2n) is 5.98. The Labute approximate surface area is 158 Å². The van der Waals surface area contributed by atoms with E-state index in [2.05, 4.69) is 55.7 Å². The van der Waals surface area contributed by atoms with E-state index in [9.17, 15) is 4.79 Å². The van der Waals surface area contributed by atoms with Gasteiger partial charge in [0.05, 0.1) is 29.1 Å². The molecule has 6 nitrogen and oxygen atoms in total. The quantitative estimate of drug-likeness (QED) is 0.556. The third-order valence-electron chi connectivity index (χ3n) is 4.21. The van der Waals surface area contributed by atoms with E-state index in [-0.39, 0.29) is 5.91 Å². The normalized spacial score (nSPS) is 11.0. The van der Waals surface area contributed by atoms with Crippen molar-refractivity contribution in [3.63, 3.8) is 0 Å². The van der Waals surface area contributed by atoms with Crippen LogP contribution in [0, 0.1) is 0 Å². The van der Waals surface area contributed by atoms with E-state index in [0.717, 1.165) is 0 Å². The Morgan fingerprint density at radius 3 is 2.73 bits per heavy atom. The molecular formula is C19H16BrN5O. The number of benzene rings is 2. The summed E-state index contributed by atoms with van der Waals surface area (Å²) in [6, 6.07) is 14.5. The van der Waals surface area contributed by atoms with Crippen LogP contribution in [0.5, 0.6) is 0 Å². The zero-order valence-corrected chi connectivity index (χ0v) is 15.6. The van der Waals surface area contributed by atoms with Gasteiger partial charge in [-0.3, -0.25) is 14.2 Å². The maximum absolute atomic E-state index is 12.4. The number of amides is 1. The third-order valence-corrected chi connectivity index (χ3v) is 4.79. The number of carbonyl (C=O) groups excluding carboxylic acids is 1. The fourth-order valence-electron chi connectivity index (χ4n) is 2.98. The molecule has 0 aliphatic heterocycles. The first-order chi connectivity index (χ1) is 12.6. The third kappa shape index (κ3) is 3.13. The van der Waals surface area contributed by atoms with Gasteiger partial charge >= 0.3 is 0 Å². The van der Waals surface area contributed by atoms with Crippen molar-refractivity contribution in [3.05, 3.63) is 76.8 Å². The first-order valence-corrected chi connectivity index (χ1v) is 8.89. The highest BCUT2D eigenvalue weighted by Gasteiger charge is 2.16. The highest BCUT2D eigenvalue weighted by Crippen LogP contribution is 2.20. The molecule has 2 aromatic heterocycles. The highest BCUT2D eigenvalue weighted by atomic mass is 79.9. The summed E-state index contributed by atoms with van der Waals surface area (Å²) in [6.07, 6.45) is 5.07. The minimum atomic E-state index is -0.235. The van der Waals surface area contributed by atoms with E-state index in [4.69, 9.17) is 0 Å². The van der Waals surface area contributed by atoms with E-state index < -0.39 is 0 Å². The number of nitrogens with zero attached hydrogens (tertiary/aromatic N) is 4. The van der Waals surface area contributed by atoms with E-state index in [1.807, 2.05) is 29.1 Å². The largest absolute Gasteiger partial charge is 0.318 e. The molecule has 0 saturated heterocycles. The number of hydrogen-bond acceptors (Lipinski definition) is 3. The topological polar surface area (TPSA) is 64.7 Å². The number of aryl methyl sites for hydroxylation is 1. The lowest BCUT2D eigenvalue weighted by molar-refractivity contribution is 0.101. The Morgan fingerprint density at radius 1 is 1.12 bits per heavy atom. The average molecular weight is 410 g/mol. The SMILES string of the molecule is Cn1ncc(Br)c1C(=O)Nc1cnn(Cc2cccc3ccccc23)c1. The van der Waals surface area contributed by atoms with E-state index in [0.29, 0.717) is 22.4 Å². The van der Waals surface area contributed by atoms with Crippen molar-refractivity contribution in [1.82, 2.24) is 19.6 Å². The van der Waals surface area contributed by atoms with Gasteiger partial charge in [-0.25, -0.2) is 0 Å². The van der Waals surface area contributed by atoms with Gasteiger partial charge in [-0.2, -0.15) is 10.2 Å². The molecule has 7 heteroatoms. The van der Waals surface area contributed by atoms with Crippen LogP contribution in [-0.2, 0) is 13.6 Å². The summed E-state index contributed by atoms with van der Waals surface area (Å²) in [5.41, 5.74) is 2.29. The van der Waals surface area contributed by atoms with Gasteiger partial charge in [-0.15, -0.1) is 0 Å². The number of nitrogens with one attached hydrogen (secondary N) is 1. The molecule has 0 atom stereocenters. The fourth-order valence-corrected chi connectivity index (χ4v) is 3.50. The number of aromatic nitrogens is 4. The number of hydrogen-bond donors (Lipinski definition) is 1. The smallest absolute Gasteiger partial charge is 0.275 e. The second kappa shape index (κ2) is 6.76. The molecule has 26 heavy (non-hydrogen) atoms. The summed E-state index contributed by atoms with van der Waals surface area (Å²) in [6.45, 7) is 0.632. The molecule has 0 bridgehead atoms. The van der Waals surface area contributed by atoms with Gasteiger partial charge in [0.25, 0.3) is 5.91 Å². The molecule has 0 unspecified atom stereocenters. The highest BCUT2D eigenvalue weighted by molar-refractivity contribution is 9.10. The number of halogens is 1. The Balaban J connectivity index is 1.54. The fraction of sp³-hybridized carbons (Fsp3) is 0.105. The number of carbonyl (C=O) groups is 1. The maximum Gasteiger partial charge on any atom is 0.275 e. The van der Waals surface area contributed by atoms with Crippen LogP contribution in [0.15, 0.2) is 65.5 Å². The van der Waals surface area contributed by atoms with Crippen molar-refractivity contribution < 1.29 is 4.79 Å². The molecule has 4 aromatic rings. The monoisotopic (exact) mass is 409 g/mol. The number of rotatable bonds is 4. The van der Waals surface area contributed by atoms with E-state index in [1.165, 1.54) is 21.0 Å². The lowest BCUT2D eigenvalue weighted by Gasteiger charge is -2.07. The minimum Gasteiger partial charge on any atom is -0.318 e. The van der Waals surface area contributed by atoms with Crippen LogP contribution >= 0.6 is 15.9 Å². The van der Waals surface area contributed by atoms with Gasteiger partial charge < -0.3 is 5.32 Å². The minimum absolute atomic E-state index is 0.235. The Morgan fingerprint density at radius 2 is 1.92 bits per heavy atom. The summed E-state index contributed by atoms with van der Waals surface area (Å²) in [5, 5.41) is 13.7. The predicted octanol–water partition coefficient (Wildman–Crippen LogP) is 3.83. The molecule has 0 aliphatic carbocycles. The van der Waals surface area contributed by atoms with E-state index in [1.54, 1.807) is 19.4 Å². The first kappa shape index (κ1) is 16.5. The van der Waals surface area contributed by atoms with Crippen molar-refractivity contribution in [1.29, 1.82) is 0 Å². The van der Waals surface area contributed by atoms with Gasteiger partial charge in [0.1, 0.15) is 5.69 Å². The molecule has 2 aromatic carbocycles.